The van der Waals surface area contributed by atoms with Crippen LogP contribution in [0.1, 0.15) is 23.5 Å². The van der Waals surface area contributed by atoms with E-state index in [1.165, 1.54) is 7.11 Å². The van der Waals surface area contributed by atoms with Gasteiger partial charge in [0.05, 0.1) is 7.11 Å². The fraction of sp³-hybridized carbons (Fsp3) is 0.188. The number of fused-ring (bicyclic) bond motifs is 3. The Morgan fingerprint density at radius 3 is 2.84 bits per heavy atom. The minimum Gasteiger partial charge on any atom is -0.466 e. The Kier molecular flexibility index (Phi) is 2.63. The lowest BCUT2D eigenvalue weighted by molar-refractivity contribution is -0.136. The number of carbonyl (C=O) groups is 1. The van der Waals surface area contributed by atoms with Gasteiger partial charge in [0.15, 0.2) is 0 Å². The molecular weight excluding hydrogens is 243 g/mol. The minimum absolute atomic E-state index is 0.0356. The summed E-state index contributed by atoms with van der Waals surface area (Å²) in [6.45, 7) is 3.70. The van der Waals surface area contributed by atoms with Crippen molar-refractivity contribution >= 4 is 16.7 Å². The summed E-state index contributed by atoms with van der Waals surface area (Å²) in [5.74, 6) is -0.662. The Balaban J connectivity index is 1.95. The monoisotopic (exact) mass is 256 g/mol. The van der Waals surface area contributed by atoms with Crippen LogP contribution in [0.5, 0.6) is 0 Å². The molecule has 2 nitrogen and oxygen atoms in total. The molecule has 2 aromatic rings. The van der Waals surface area contributed by atoms with Gasteiger partial charge < -0.3 is 4.74 Å². The maximum absolute atomic E-state index is 13.9. The van der Waals surface area contributed by atoms with Crippen molar-refractivity contribution in [3.05, 3.63) is 59.4 Å². The van der Waals surface area contributed by atoms with E-state index >= 15 is 0 Å². The summed E-state index contributed by atoms with van der Waals surface area (Å²) in [6, 6.07) is 9.25. The standard InChI is InChI=1S/C16H13FO2/c1-9(16(18)19-2)7-12-14-11-6-4-3-5-10(11)8-13(17)15(12)14/h3-6,8,12H,1,7H2,2H3. The van der Waals surface area contributed by atoms with Gasteiger partial charge in [-0.25, -0.2) is 9.18 Å². The van der Waals surface area contributed by atoms with Crippen LogP contribution in [0.25, 0.3) is 10.8 Å². The zero-order chi connectivity index (χ0) is 13.6. The van der Waals surface area contributed by atoms with E-state index in [0.29, 0.717) is 17.6 Å². The minimum atomic E-state index is -0.428. The van der Waals surface area contributed by atoms with Crippen molar-refractivity contribution in [2.75, 3.05) is 7.11 Å². The van der Waals surface area contributed by atoms with Crippen LogP contribution in [-0.4, -0.2) is 13.1 Å². The molecule has 0 fully saturated rings. The number of hydrogen-bond donors (Lipinski definition) is 0. The summed E-state index contributed by atoms with van der Waals surface area (Å²) in [5, 5.41) is 1.95. The SMILES string of the molecule is C=C(CC1c2c(F)cc3ccccc3c21)C(=O)OC. The van der Waals surface area contributed by atoms with Gasteiger partial charge in [-0.15, -0.1) is 0 Å². The lowest BCUT2D eigenvalue weighted by atomic mass is 10.1. The largest absolute Gasteiger partial charge is 0.466 e. The van der Waals surface area contributed by atoms with Gasteiger partial charge in [-0.05, 0) is 28.8 Å². The first-order chi connectivity index (χ1) is 9.13. The van der Waals surface area contributed by atoms with E-state index in [9.17, 15) is 9.18 Å². The second-order valence-corrected chi connectivity index (χ2v) is 4.76. The van der Waals surface area contributed by atoms with Crippen molar-refractivity contribution in [3.8, 4) is 0 Å². The Labute approximate surface area is 110 Å². The molecule has 0 N–H and O–H groups in total. The highest BCUT2D eigenvalue weighted by Crippen LogP contribution is 2.52. The summed E-state index contributed by atoms with van der Waals surface area (Å²) in [6.07, 6.45) is 0.424. The topological polar surface area (TPSA) is 26.3 Å². The van der Waals surface area contributed by atoms with Crippen LogP contribution < -0.4 is 0 Å². The molecule has 0 heterocycles. The van der Waals surface area contributed by atoms with E-state index in [1.54, 1.807) is 6.07 Å². The van der Waals surface area contributed by atoms with Gasteiger partial charge in [0.25, 0.3) is 0 Å². The quantitative estimate of drug-likeness (QED) is 0.620. The van der Waals surface area contributed by atoms with Crippen molar-refractivity contribution in [3.63, 3.8) is 0 Å². The van der Waals surface area contributed by atoms with Gasteiger partial charge in [-0.2, -0.15) is 0 Å². The molecule has 3 rings (SSSR count). The molecule has 2 aromatic carbocycles. The van der Waals surface area contributed by atoms with E-state index in [2.05, 4.69) is 11.3 Å². The summed E-state index contributed by atoms with van der Waals surface area (Å²) < 4.78 is 18.6. The third kappa shape index (κ3) is 1.82. The Morgan fingerprint density at radius 2 is 2.11 bits per heavy atom. The number of esters is 1. The number of hydrogen-bond acceptors (Lipinski definition) is 2. The Morgan fingerprint density at radius 1 is 1.37 bits per heavy atom. The van der Waals surface area contributed by atoms with E-state index < -0.39 is 5.97 Å². The van der Waals surface area contributed by atoms with Gasteiger partial charge in [0.1, 0.15) is 5.82 Å². The molecule has 0 aromatic heterocycles. The fourth-order valence-corrected chi connectivity index (χ4v) is 2.66. The molecule has 0 bridgehead atoms. The maximum atomic E-state index is 13.9. The third-order valence-corrected chi connectivity index (χ3v) is 3.62. The molecule has 0 amide bonds. The van der Waals surface area contributed by atoms with Gasteiger partial charge in [0, 0.05) is 17.1 Å². The number of rotatable bonds is 3. The molecule has 0 radical (unpaired) electrons. The van der Waals surface area contributed by atoms with Crippen molar-refractivity contribution in [2.45, 2.75) is 12.3 Å². The molecule has 1 aliphatic carbocycles. The summed E-state index contributed by atoms with van der Waals surface area (Å²) in [7, 11) is 1.32. The highest BCUT2D eigenvalue weighted by Gasteiger charge is 2.39. The third-order valence-electron chi connectivity index (χ3n) is 3.62. The maximum Gasteiger partial charge on any atom is 0.333 e. The number of methoxy groups -OCH3 is 1. The van der Waals surface area contributed by atoms with Gasteiger partial charge in [-0.1, -0.05) is 30.8 Å². The van der Waals surface area contributed by atoms with Crippen LogP contribution >= 0.6 is 0 Å². The molecule has 0 saturated heterocycles. The van der Waals surface area contributed by atoms with Crippen LogP contribution in [0.3, 0.4) is 0 Å². The normalized spacial score (nSPS) is 16.0. The van der Waals surface area contributed by atoms with Crippen LogP contribution in [-0.2, 0) is 9.53 Å². The number of halogens is 1. The lowest BCUT2D eigenvalue weighted by Gasteiger charge is -2.01. The Hall–Kier alpha value is -2.16. The molecular formula is C16H13FO2. The zero-order valence-electron chi connectivity index (χ0n) is 10.6. The summed E-state index contributed by atoms with van der Waals surface area (Å²) in [4.78, 5) is 11.4. The number of ether oxygens (including phenoxy) is 1. The molecule has 96 valence electrons. The first kappa shape index (κ1) is 11.9. The van der Waals surface area contributed by atoms with E-state index in [4.69, 9.17) is 0 Å². The second kappa shape index (κ2) is 4.19. The zero-order valence-corrected chi connectivity index (χ0v) is 10.6. The van der Waals surface area contributed by atoms with E-state index in [0.717, 1.165) is 16.3 Å². The van der Waals surface area contributed by atoms with Crippen LogP contribution in [0, 0.1) is 5.82 Å². The van der Waals surface area contributed by atoms with Gasteiger partial charge >= 0.3 is 5.97 Å². The van der Waals surface area contributed by atoms with Crippen molar-refractivity contribution in [1.82, 2.24) is 0 Å². The van der Waals surface area contributed by atoms with Gasteiger partial charge in [0.2, 0.25) is 0 Å². The highest BCUT2D eigenvalue weighted by atomic mass is 19.1. The summed E-state index contributed by atoms with van der Waals surface area (Å²) in [5.41, 5.74) is 2.09. The van der Waals surface area contributed by atoms with Crippen LogP contribution in [0.2, 0.25) is 0 Å². The molecule has 0 spiro atoms. The highest BCUT2D eigenvalue weighted by molar-refractivity contribution is 5.94. The molecule has 1 aliphatic rings. The average Bonchev–Trinajstić information content (AvgIpc) is 3.13. The van der Waals surface area contributed by atoms with Crippen molar-refractivity contribution in [2.24, 2.45) is 0 Å². The second-order valence-electron chi connectivity index (χ2n) is 4.76. The predicted molar refractivity (Wildman–Crippen MR) is 71.5 cm³/mol. The molecule has 3 heteroatoms. The van der Waals surface area contributed by atoms with Crippen molar-refractivity contribution in [1.29, 1.82) is 0 Å². The Bertz CT molecular complexity index is 703. The van der Waals surface area contributed by atoms with Gasteiger partial charge in [-0.3, -0.25) is 0 Å². The smallest absolute Gasteiger partial charge is 0.333 e. The van der Waals surface area contributed by atoms with Crippen LogP contribution in [0.15, 0.2) is 42.5 Å². The van der Waals surface area contributed by atoms with Crippen LogP contribution in [0.4, 0.5) is 4.39 Å². The first-order valence-corrected chi connectivity index (χ1v) is 6.10. The predicted octanol–water partition coefficient (Wildman–Crippen LogP) is 3.54. The number of benzene rings is 2. The number of carbonyl (C=O) groups excluding carboxylic acids is 1. The molecule has 1 unspecified atom stereocenters. The average molecular weight is 256 g/mol. The lowest BCUT2D eigenvalue weighted by Crippen LogP contribution is -2.03. The molecule has 0 saturated carbocycles. The van der Waals surface area contributed by atoms with Crippen molar-refractivity contribution < 1.29 is 13.9 Å². The summed E-state index contributed by atoms with van der Waals surface area (Å²) >= 11 is 0. The molecule has 1 atom stereocenters. The van der Waals surface area contributed by atoms with E-state index in [-0.39, 0.29) is 11.7 Å². The van der Waals surface area contributed by atoms with E-state index in [1.807, 2.05) is 24.3 Å². The molecule has 0 aliphatic heterocycles. The fourth-order valence-electron chi connectivity index (χ4n) is 2.66. The molecule has 19 heavy (non-hydrogen) atoms. The first-order valence-electron chi connectivity index (χ1n) is 6.10.